The number of nitrogens with one attached hydrogen (secondary N) is 1. The van der Waals surface area contributed by atoms with Crippen LogP contribution < -0.4 is 5.32 Å². The van der Waals surface area contributed by atoms with Gasteiger partial charge in [-0.25, -0.2) is 9.78 Å². The van der Waals surface area contributed by atoms with Crippen molar-refractivity contribution < 1.29 is 14.8 Å². The maximum atomic E-state index is 10.9. The Bertz CT molecular complexity index is 526. The third-order valence-corrected chi connectivity index (χ3v) is 2.17. The zero-order chi connectivity index (χ0) is 13.7. The lowest BCUT2D eigenvalue weighted by molar-refractivity contribution is -0.384. The van der Waals surface area contributed by atoms with Gasteiger partial charge in [0.2, 0.25) is 5.82 Å². The Morgan fingerprint density at radius 2 is 2.44 bits per heavy atom. The molecule has 1 unspecified atom stereocenters. The molecule has 0 saturated heterocycles. The molecule has 0 aliphatic rings. The van der Waals surface area contributed by atoms with Crippen LogP contribution in [0.1, 0.15) is 6.42 Å². The minimum absolute atomic E-state index is 0.0797. The molecule has 0 amide bonds. The highest BCUT2D eigenvalue weighted by Gasteiger charge is 2.22. The molecule has 8 heteroatoms. The zero-order valence-corrected chi connectivity index (χ0v) is 9.72. The van der Waals surface area contributed by atoms with Gasteiger partial charge in [-0.1, -0.05) is 11.6 Å². The smallest absolute Gasteiger partial charge is 0.327 e. The third kappa shape index (κ3) is 3.33. The van der Waals surface area contributed by atoms with Crippen molar-refractivity contribution in [3.8, 4) is 12.3 Å². The van der Waals surface area contributed by atoms with Crippen LogP contribution in [0.15, 0.2) is 12.3 Å². The summed E-state index contributed by atoms with van der Waals surface area (Å²) in [6, 6.07) is -0.0755. The number of rotatable bonds is 5. The number of terminal acetylenes is 1. The van der Waals surface area contributed by atoms with Crippen molar-refractivity contribution in [2.24, 2.45) is 0 Å². The van der Waals surface area contributed by atoms with Crippen LogP contribution in [0, 0.1) is 22.5 Å². The van der Waals surface area contributed by atoms with Crippen LogP contribution in [0.4, 0.5) is 11.5 Å². The summed E-state index contributed by atoms with van der Waals surface area (Å²) in [6.07, 6.45) is 6.06. The van der Waals surface area contributed by atoms with E-state index >= 15 is 0 Å². The molecule has 0 aliphatic heterocycles. The molecule has 94 valence electrons. The lowest BCUT2D eigenvalue weighted by Gasteiger charge is -2.12. The van der Waals surface area contributed by atoms with E-state index in [1.165, 1.54) is 6.20 Å². The van der Waals surface area contributed by atoms with E-state index < -0.39 is 22.6 Å². The van der Waals surface area contributed by atoms with E-state index in [-0.39, 0.29) is 17.3 Å². The van der Waals surface area contributed by atoms with Gasteiger partial charge in [0, 0.05) is 18.7 Å². The minimum atomic E-state index is -1.22. The van der Waals surface area contributed by atoms with E-state index in [0.29, 0.717) is 0 Å². The number of aromatic nitrogens is 1. The van der Waals surface area contributed by atoms with Gasteiger partial charge in [0.1, 0.15) is 6.04 Å². The summed E-state index contributed by atoms with van der Waals surface area (Å²) in [4.78, 5) is 24.6. The number of anilines is 1. The number of halogens is 1. The standard InChI is InChI=1S/C10H8ClN3O4/c1-2-3-7(10(15)16)13-9-8(14(17)18)4-6(11)5-12-9/h1,4-5,7H,3H2,(H,12,13)(H,15,16). The van der Waals surface area contributed by atoms with Gasteiger partial charge in [-0.3, -0.25) is 10.1 Å². The first-order valence-electron chi connectivity index (χ1n) is 4.68. The number of hydrogen-bond donors (Lipinski definition) is 2. The molecule has 0 saturated carbocycles. The SMILES string of the molecule is C#CCC(Nc1ncc(Cl)cc1[N+](=O)[O-])C(=O)O. The van der Waals surface area contributed by atoms with E-state index in [1.807, 2.05) is 0 Å². The van der Waals surface area contributed by atoms with E-state index in [9.17, 15) is 14.9 Å². The van der Waals surface area contributed by atoms with E-state index in [4.69, 9.17) is 23.1 Å². The molecule has 1 aromatic rings. The fourth-order valence-corrected chi connectivity index (χ4v) is 1.31. The second-order valence-electron chi connectivity index (χ2n) is 3.22. The van der Waals surface area contributed by atoms with Gasteiger partial charge >= 0.3 is 11.7 Å². The molecule has 1 rings (SSSR count). The summed E-state index contributed by atoms with van der Waals surface area (Å²) >= 11 is 5.58. The summed E-state index contributed by atoms with van der Waals surface area (Å²) in [5.74, 6) is 0.751. The molecular formula is C10H8ClN3O4. The number of nitrogens with zero attached hydrogens (tertiary/aromatic N) is 2. The number of carboxylic acid groups (broad SMARTS) is 1. The largest absolute Gasteiger partial charge is 0.480 e. The summed E-state index contributed by atoms with van der Waals surface area (Å²) in [5.41, 5.74) is -0.411. The maximum absolute atomic E-state index is 10.9. The lowest BCUT2D eigenvalue weighted by atomic mass is 10.2. The molecule has 0 aliphatic carbocycles. The van der Waals surface area contributed by atoms with E-state index in [1.54, 1.807) is 0 Å². The molecule has 1 heterocycles. The fourth-order valence-electron chi connectivity index (χ4n) is 1.16. The maximum Gasteiger partial charge on any atom is 0.327 e. The number of carboxylic acids is 1. The Kier molecular flexibility index (Phi) is 4.45. The second-order valence-corrected chi connectivity index (χ2v) is 3.66. The molecule has 0 radical (unpaired) electrons. The van der Waals surface area contributed by atoms with Gasteiger partial charge in [-0.2, -0.15) is 0 Å². The van der Waals surface area contributed by atoms with Crippen LogP contribution in [0.2, 0.25) is 5.02 Å². The number of aliphatic carboxylic acids is 1. The Balaban J connectivity index is 3.06. The van der Waals surface area contributed by atoms with Crippen LogP contribution in [-0.4, -0.2) is 27.0 Å². The average molecular weight is 270 g/mol. The van der Waals surface area contributed by atoms with Crippen molar-refractivity contribution in [1.29, 1.82) is 0 Å². The molecule has 18 heavy (non-hydrogen) atoms. The first-order chi connectivity index (χ1) is 8.45. The molecule has 0 aromatic carbocycles. The molecule has 0 bridgehead atoms. The summed E-state index contributed by atoms with van der Waals surface area (Å²) in [5, 5.41) is 22.1. The van der Waals surface area contributed by atoms with Crippen molar-refractivity contribution in [2.45, 2.75) is 12.5 Å². The number of carbonyl (C=O) groups is 1. The van der Waals surface area contributed by atoms with Gasteiger partial charge in [0.25, 0.3) is 0 Å². The first-order valence-corrected chi connectivity index (χ1v) is 5.06. The Morgan fingerprint density at radius 3 is 2.94 bits per heavy atom. The average Bonchev–Trinajstić information content (AvgIpc) is 2.30. The van der Waals surface area contributed by atoms with Crippen LogP contribution in [0.25, 0.3) is 0 Å². The highest BCUT2D eigenvalue weighted by molar-refractivity contribution is 6.30. The van der Waals surface area contributed by atoms with Gasteiger partial charge in [0.15, 0.2) is 0 Å². The normalized spacial score (nSPS) is 11.3. The molecule has 0 spiro atoms. The Hall–Kier alpha value is -2.33. The van der Waals surface area contributed by atoms with Gasteiger partial charge in [-0.05, 0) is 0 Å². The monoisotopic (exact) mass is 269 g/mol. The number of hydrogen-bond acceptors (Lipinski definition) is 5. The van der Waals surface area contributed by atoms with Gasteiger partial charge in [-0.15, -0.1) is 12.3 Å². The fraction of sp³-hybridized carbons (Fsp3) is 0.200. The second kappa shape index (κ2) is 5.84. The Morgan fingerprint density at radius 1 is 1.78 bits per heavy atom. The summed E-state index contributed by atoms with van der Waals surface area (Å²) in [6.45, 7) is 0. The van der Waals surface area contributed by atoms with Crippen molar-refractivity contribution in [1.82, 2.24) is 4.98 Å². The molecule has 7 nitrogen and oxygen atoms in total. The number of pyridine rings is 1. The van der Waals surface area contributed by atoms with Crippen LogP contribution in [0.5, 0.6) is 0 Å². The third-order valence-electron chi connectivity index (χ3n) is 1.96. The van der Waals surface area contributed by atoms with Gasteiger partial charge in [0.05, 0.1) is 9.95 Å². The highest BCUT2D eigenvalue weighted by atomic mass is 35.5. The van der Waals surface area contributed by atoms with E-state index in [2.05, 4.69) is 16.2 Å². The van der Waals surface area contributed by atoms with Crippen molar-refractivity contribution in [2.75, 3.05) is 5.32 Å². The topological polar surface area (TPSA) is 105 Å². The quantitative estimate of drug-likeness (QED) is 0.477. The summed E-state index contributed by atoms with van der Waals surface area (Å²) < 4.78 is 0. The van der Waals surface area contributed by atoms with Crippen LogP contribution in [0.3, 0.4) is 0 Å². The van der Waals surface area contributed by atoms with Crippen molar-refractivity contribution in [3.63, 3.8) is 0 Å². The van der Waals surface area contributed by atoms with E-state index in [0.717, 1.165) is 6.07 Å². The predicted octanol–water partition coefficient (Wildman–Crippen LogP) is 1.53. The first kappa shape index (κ1) is 13.7. The predicted molar refractivity (Wildman–Crippen MR) is 64.4 cm³/mol. The lowest BCUT2D eigenvalue weighted by Crippen LogP contribution is -2.29. The molecule has 1 aromatic heterocycles. The van der Waals surface area contributed by atoms with Crippen LogP contribution in [-0.2, 0) is 4.79 Å². The number of nitro groups is 1. The van der Waals surface area contributed by atoms with Crippen molar-refractivity contribution in [3.05, 3.63) is 27.4 Å². The van der Waals surface area contributed by atoms with Crippen molar-refractivity contribution >= 4 is 29.1 Å². The minimum Gasteiger partial charge on any atom is -0.480 e. The highest BCUT2D eigenvalue weighted by Crippen LogP contribution is 2.25. The summed E-state index contributed by atoms with van der Waals surface area (Å²) in [7, 11) is 0. The molecular weight excluding hydrogens is 262 g/mol. The molecule has 2 N–H and O–H groups in total. The molecule has 0 fully saturated rings. The van der Waals surface area contributed by atoms with Gasteiger partial charge < -0.3 is 10.4 Å². The van der Waals surface area contributed by atoms with Crippen LogP contribution >= 0.6 is 11.6 Å². The Labute approximate surface area is 107 Å². The molecule has 1 atom stereocenters. The zero-order valence-electron chi connectivity index (χ0n) is 8.96.